The minimum atomic E-state index is -0.765. The van der Waals surface area contributed by atoms with Crippen LogP contribution in [0.3, 0.4) is 0 Å². The van der Waals surface area contributed by atoms with Gasteiger partial charge in [-0.05, 0) is 51.5 Å². The summed E-state index contributed by atoms with van der Waals surface area (Å²) in [5.41, 5.74) is -0.765. The second-order valence-corrected chi connectivity index (χ2v) is 7.72. The Bertz CT molecular complexity index is 542. The average molecular weight is 350 g/mol. The molecule has 0 aromatic heterocycles. The third-order valence-corrected chi connectivity index (χ3v) is 6.26. The van der Waals surface area contributed by atoms with Crippen LogP contribution >= 0.6 is 0 Å². The SMILES string of the molecule is CCC1CCC2(CC1)NC(=O)N(CC(=O)N1CCCC(NC)C1)C2=O. The summed E-state index contributed by atoms with van der Waals surface area (Å²) in [4.78, 5) is 40.7. The first-order valence-corrected chi connectivity index (χ1v) is 9.58. The number of nitrogens with zero attached hydrogens (tertiary/aromatic N) is 2. The van der Waals surface area contributed by atoms with E-state index in [0.717, 1.165) is 37.0 Å². The molecule has 4 amide bonds. The Morgan fingerprint density at radius 1 is 1.28 bits per heavy atom. The van der Waals surface area contributed by atoms with Crippen LogP contribution in [0.4, 0.5) is 4.79 Å². The largest absolute Gasteiger partial charge is 0.340 e. The van der Waals surface area contributed by atoms with Gasteiger partial charge in [-0.2, -0.15) is 0 Å². The standard InChI is InChI=1S/C18H30N4O3/c1-3-13-6-8-18(9-7-13)16(24)22(17(25)20-18)12-15(23)21-10-4-5-14(11-21)19-2/h13-14,19H,3-12H2,1-2H3,(H,20,25). The molecule has 140 valence electrons. The maximum Gasteiger partial charge on any atom is 0.325 e. The number of rotatable bonds is 4. The van der Waals surface area contributed by atoms with Gasteiger partial charge in [0.05, 0.1) is 0 Å². The van der Waals surface area contributed by atoms with Crippen molar-refractivity contribution < 1.29 is 14.4 Å². The Hall–Kier alpha value is -1.63. The van der Waals surface area contributed by atoms with E-state index < -0.39 is 11.6 Å². The highest BCUT2D eigenvalue weighted by atomic mass is 16.2. The lowest BCUT2D eigenvalue weighted by atomic mass is 9.75. The van der Waals surface area contributed by atoms with Crippen LogP contribution in [0.25, 0.3) is 0 Å². The molecule has 3 aliphatic rings. The van der Waals surface area contributed by atoms with Gasteiger partial charge in [-0.1, -0.05) is 13.3 Å². The third kappa shape index (κ3) is 3.52. The molecule has 3 rings (SSSR count). The summed E-state index contributed by atoms with van der Waals surface area (Å²) in [5, 5.41) is 6.10. The van der Waals surface area contributed by atoms with E-state index in [9.17, 15) is 14.4 Å². The van der Waals surface area contributed by atoms with E-state index in [1.165, 1.54) is 0 Å². The van der Waals surface area contributed by atoms with Gasteiger partial charge in [-0.3, -0.25) is 14.5 Å². The van der Waals surface area contributed by atoms with Crippen molar-refractivity contribution in [3.8, 4) is 0 Å². The lowest BCUT2D eigenvalue weighted by Crippen LogP contribution is -2.52. The molecule has 2 heterocycles. The molecule has 7 heteroatoms. The van der Waals surface area contributed by atoms with Crippen LogP contribution in [0.5, 0.6) is 0 Å². The number of hydrogen-bond donors (Lipinski definition) is 2. The molecule has 2 aliphatic heterocycles. The zero-order valence-electron chi connectivity index (χ0n) is 15.3. The van der Waals surface area contributed by atoms with E-state index in [-0.39, 0.29) is 24.4 Å². The molecule has 1 spiro atoms. The van der Waals surface area contributed by atoms with Crippen LogP contribution in [0, 0.1) is 5.92 Å². The molecule has 0 aromatic rings. The molecule has 1 aliphatic carbocycles. The maximum absolute atomic E-state index is 12.9. The van der Waals surface area contributed by atoms with Crippen molar-refractivity contribution in [2.24, 2.45) is 5.92 Å². The summed E-state index contributed by atoms with van der Waals surface area (Å²) in [6.07, 6.45) is 6.39. The number of likely N-dealkylation sites (N-methyl/N-ethyl adjacent to an activating group) is 1. The van der Waals surface area contributed by atoms with Gasteiger partial charge < -0.3 is 15.5 Å². The number of imide groups is 1. The van der Waals surface area contributed by atoms with Crippen LogP contribution in [0.2, 0.25) is 0 Å². The van der Waals surface area contributed by atoms with E-state index in [2.05, 4.69) is 17.6 Å². The highest BCUT2D eigenvalue weighted by molar-refractivity contribution is 6.09. The minimum Gasteiger partial charge on any atom is -0.340 e. The predicted molar refractivity (Wildman–Crippen MR) is 93.9 cm³/mol. The lowest BCUT2D eigenvalue weighted by molar-refractivity contribution is -0.140. The van der Waals surface area contributed by atoms with Crippen molar-refractivity contribution in [2.45, 2.75) is 63.5 Å². The summed E-state index contributed by atoms with van der Waals surface area (Å²) in [5.74, 6) is 0.295. The number of urea groups is 1. The maximum atomic E-state index is 12.9. The second kappa shape index (κ2) is 7.32. The second-order valence-electron chi connectivity index (χ2n) is 7.72. The van der Waals surface area contributed by atoms with Crippen molar-refractivity contribution in [2.75, 3.05) is 26.7 Å². The summed E-state index contributed by atoms with van der Waals surface area (Å²) in [6.45, 7) is 3.37. The van der Waals surface area contributed by atoms with Crippen LogP contribution < -0.4 is 10.6 Å². The number of likely N-dealkylation sites (tertiary alicyclic amines) is 1. The molecule has 1 atom stereocenters. The summed E-state index contributed by atoms with van der Waals surface area (Å²) >= 11 is 0. The third-order valence-electron chi connectivity index (χ3n) is 6.26. The van der Waals surface area contributed by atoms with E-state index in [1.54, 1.807) is 4.90 Å². The molecule has 7 nitrogen and oxygen atoms in total. The van der Waals surface area contributed by atoms with Gasteiger partial charge in [-0.25, -0.2) is 4.79 Å². The van der Waals surface area contributed by atoms with Crippen LogP contribution in [0.15, 0.2) is 0 Å². The first kappa shape index (κ1) is 18.2. The molecule has 1 saturated carbocycles. The zero-order chi connectivity index (χ0) is 18.0. The highest BCUT2D eigenvalue weighted by Crippen LogP contribution is 2.37. The summed E-state index contributed by atoms with van der Waals surface area (Å²) in [7, 11) is 1.90. The van der Waals surface area contributed by atoms with Crippen molar-refractivity contribution in [3.63, 3.8) is 0 Å². The summed E-state index contributed by atoms with van der Waals surface area (Å²) < 4.78 is 0. The number of amides is 4. The monoisotopic (exact) mass is 350 g/mol. The zero-order valence-corrected chi connectivity index (χ0v) is 15.3. The topological polar surface area (TPSA) is 81.8 Å². The summed E-state index contributed by atoms with van der Waals surface area (Å²) in [6, 6.07) is -0.119. The van der Waals surface area contributed by atoms with E-state index in [0.29, 0.717) is 31.8 Å². The fraction of sp³-hybridized carbons (Fsp3) is 0.833. The normalized spacial score (nSPS) is 33.0. The smallest absolute Gasteiger partial charge is 0.325 e. The number of nitrogens with one attached hydrogen (secondary N) is 2. The van der Waals surface area contributed by atoms with Gasteiger partial charge in [0, 0.05) is 19.1 Å². The highest BCUT2D eigenvalue weighted by Gasteiger charge is 2.52. The van der Waals surface area contributed by atoms with Gasteiger partial charge in [0.15, 0.2) is 0 Å². The molecule has 0 bridgehead atoms. The molecule has 3 fully saturated rings. The quantitative estimate of drug-likeness (QED) is 0.744. The Morgan fingerprint density at radius 3 is 2.64 bits per heavy atom. The van der Waals surface area contributed by atoms with Gasteiger partial charge in [0.1, 0.15) is 12.1 Å². The average Bonchev–Trinajstić information content (AvgIpc) is 2.86. The van der Waals surface area contributed by atoms with Crippen LogP contribution in [-0.2, 0) is 9.59 Å². The molecule has 2 N–H and O–H groups in total. The van der Waals surface area contributed by atoms with E-state index in [4.69, 9.17) is 0 Å². The fourth-order valence-electron chi connectivity index (χ4n) is 4.41. The van der Waals surface area contributed by atoms with Gasteiger partial charge in [-0.15, -0.1) is 0 Å². The fourth-order valence-corrected chi connectivity index (χ4v) is 4.41. The predicted octanol–water partition coefficient (Wildman–Crippen LogP) is 1.09. The molecule has 0 radical (unpaired) electrons. The molecule has 2 saturated heterocycles. The van der Waals surface area contributed by atoms with Crippen molar-refractivity contribution in [1.29, 1.82) is 0 Å². The Morgan fingerprint density at radius 2 is 2.00 bits per heavy atom. The van der Waals surface area contributed by atoms with E-state index >= 15 is 0 Å². The number of hydrogen-bond acceptors (Lipinski definition) is 4. The van der Waals surface area contributed by atoms with Crippen molar-refractivity contribution in [3.05, 3.63) is 0 Å². The van der Waals surface area contributed by atoms with Crippen molar-refractivity contribution in [1.82, 2.24) is 20.4 Å². The Kier molecular flexibility index (Phi) is 5.32. The van der Waals surface area contributed by atoms with Crippen LogP contribution in [0.1, 0.15) is 51.9 Å². The molecular formula is C18H30N4O3. The Labute approximate surface area is 149 Å². The number of carbonyl (C=O) groups is 3. The minimum absolute atomic E-state index is 0.136. The Balaban J connectivity index is 1.62. The van der Waals surface area contributed by atoms with E-state index in [1.807, 2.05) is 7.05 Å². The first-order valence-electron chi connectivity index (χ1n) is 9.58. The molecular weight excluding hydrogens is 320 g/mol. The molecule has 25 heavy (non-hydrogen) atoms. The lowest BCUT2D eigenvalue weighted by Gasteiger charge is -2.35. The number of piperidine rings is 1. The van der Waals surface area contributed by atoms with Crippen LogP contribution in [-0.4, -0.2) is 65.9 Å². The van der Waals surface area contributed by atoms with Gasteiger partial charge in [0.2, 0.25) is 5.91 Å². The van der Waals surface area contributed by atoms with Gasteiger partial charge >= 0.3 is 6.03 Å². The molecule has 0 aromatic carbocycles. The van der Waals surface area contributed by atoms with Crippen molar-refractivity contribution >= 4 is 17.8 Å². The number of carbonyl (C=O) groups excluding carboxylic acids is 3. The van der Waals surface area contributed by atoms with Gasteiger partial charge in [0.25, 0.3) is 5.91 Å². The first-order chi connectivity index (χ1) is 12.0. The molecule has 1 unspecified atom stereocenters.